The van der Waals surface area contributed by atoms with E-state index in [1.807, 2.05) is 31.2 Å². The molecule has 1 aromatic carbocycles. The maximum absolute atomic E-state index is 12.2. The van der Waals surface area contributed by atoms with Crippen molar-refractivity contribution in [3.63, 3.8) is 0 Å². The molecule has 0 radical (unpaired) electrons. The monoisotopic (exact) mass is 361 g/mol. The molecular weight excluding hydrogens is 342 g/mol. The van der Waals surface area contributed by atoms with Crippen LogP contribution in [0.3, 0.4) is 0 Å². The molecule has 1 aromatic heterocycles. The van der Waals surface area contributed by atoms with Crippen LogP contribution in [-0.2, 0) is 17.6 Å². The van der Waals surface area contributed by atoms with E-state index in [1.165, 1.54) is 0 Å². The second-order valence-corrected chi connectivity index (χ2v) is 6.57. The van der Waals surface area contributed by atoms with Crippen molar-refractivity contribution in [1.29, 1.82) is 0 Å². The number of benzene rings is 1. The highest BCUT2D eigenvalue weighted by atomic mass is 35.5. The van der Waals surface area contributed by atoms with Crippen molar-refractivity contribution in [3.8, 4) is 0 Å². The summed E-state index contributed by atoms with van der Waals surface area (Å²) in [5, 5.41) is 7.34. The van der Waals surface area contributed by atoms with E-state index < -0.39 is 0 Å². The maximum Gasteiger partial charge on any atom is 0.290 e. The van der Waals surface area contributed by atoms with Crippen LogP contribution in [-0.4, -0.2) is 41.0 Å². The number of carbonyl (C=O) groups is 2. The summed E-state index contributed by atoms with van der Waals surface area (Å²) in [4.78, 5) is 26.1. The zero-order valence-corrected chi connectivity index (χ0v) is 14.8. The molecule has 2 aromatic rings. The minimum atomic E-state index is -0.332. The number of hydrogen-bond donors (Lipinski definition) is 1. The number of halogens is 1. The first kappa shape index (κ1) is 17.5. The molecule has 1 N–H and O–H groups in total. The third-order valence-corrected chi connectivity index (χ3v) is 4.49. The lowest BCUT2D eigenvalue weighted by Crippen LogP contribution is -2.37. The fourth-order valence-electron chi connectivity index (χ4n) is 2.88. The number of aryl methyl sites for hydroxylation is 1. The molecule has 0 aliphatic carbocycles. The van der Waals surface area contributed by atoms with Gasteiger partial charge in [0.15, 0.2) is 0 Å². The van der Waals surface area contributed by atoms with Gasteiger partial charge in [-0.15, -0.1) is 0 Å². The van der Waals surface area contributed by atoms with Crippen LogP contribution in [0.1, 0.15) is 35.2 Å². The Hall–Kier alpha value is -2.34. The summed E-state index contributed by atoms with van der Waals surface area (Å²) in [6.07, 6.45) is 1.74. The van der Waals surface area contributed by atoms with E-state index in [0.29, 0.717) is 31.0 Å². The van der Waals surface area contributed by atoms with Crippen LogP contribution in [0.2, 0.25) is 5.02 Å². The number of likely N-dealkylation sites (tertiary alicyclic amines) is 1. The first-order valence-corrected chi connectivity index (χ1v) is 8.71. The molecule has 0 bridgehead atoms. The summed E-state index contributed by atoms with van der Waals surface area (Å²) in [5.41, 5.74) is 1.82. The number of amides is 2. The summed E-state index contributed by atoms with van der Waals surface area (Å²) in [7, 11) is 0. The lowest BCUT2D eigenvalue weighted by atomic mass is 10.1. The molecule has 6 nitrogen and oxygen atoms in total. The minimum absolute atomic E-state index is 0.0409. The smallest absolute Gasteiger partial charge is 0.290 e. The lowest BCUT2D eigenvalue weighted by Gasteiger charge is -2.17. The molecule has 1 atom stereocenters. The van der Waals surface area contributed by atoms with Crippen LogP contribution in [0.5, 0.6) is 0 Å². The van der Waals surface area contributed by atoms with Crippen LogP contribution >= 0.6 is 11.6 Å². The van der Waals surface area contributed by atoms with Crippen molar-refractivity contribution in [1.82, 2.24) is 15.4 Å². The minimum Gasteiger partial charge on any atom is -0.351 e. The van der Waals surface area contributed by atoms with Crippen molar-refractivity contribution in [3.05, 3.63) is 52.4 Å². The zero-order chi connectivity index (χ0) is 17.8. The summed E-state index contributed by atoms with van der Waals surface area (Å²) in [6, 6.07) is 9.02. The van der Waals surface area contributed by atoms with Crippen LogP contribution in [0.4, 0.5) is 0 Å². The number of rotatable bonds is 6. The average Bonchev–Trinajstić information content (AvgIpc) is 3.20. The van der Waals surface area contributed by atoms with Gasteiger partial charge >= 0.3 is 0 Å². The van der Waals surface area contributed by atoms with Gasteiger partial charge in [0.05, 0.1) is 11.7 Å². The van der Waals surface area contributed by atoms with Gasteiger partial charge in [0.2, 0.25) is 11.7 Å². The second-order valence-electron chi connectivity index (χ2n) is 6.13. The highest BCUT2D eigenvalue weighted by Crippen LogP contribution is 2.15. The van der Waals surface area contributed by atoms with Gasteiger partial charge in [-0.3, -0.25) is 9.59 Å². The molecule has 3 rings (SSSR count). The van der Waals surface area contributed by atoms with E-state index >= 15 is 0 Å². The third kappa shape index (κ3) is 4.39. The molecule has 1 saturated heterocycles. The molecule has 0 spiro atoms. The second kappa shape index (κ2) is 7.70. The topological polar surface area (TPSA) is 75.4 Å². The Morgan fingerprint density at radius 1 is 1.44 bits per heavy atom. The Labute approximate surface area is 151 Å². The molecule has 132 valence electrons. The van der Waals surface area contributed by atoms with Crippen LogP contribution in [0.15, 0.2) is 34.9 Å². The van der Waals surface area contributed by atoms with Crippen molar-refractivity contribution < 1.29 is 14.1 Å². The average molecular weight is 362 g/mol. The van der Waals surface area contributed by atoms with E-state index in [2.05, 4.69) is 10.5 Å². The molecule has 7 heteroatoms. The van der Waals surface area contributed by atoms with Crippen molar-refractivity contribution in [2.75, 3.05) is 13.1 Å². The SMILES string of the molecule is CCc1cc(C(=O)N[C@H]2CC(=O)N(CCc3cccc(Cl)c3)C2)on1. The number of nitrogens with zero attached hydrogens (tertiary/aromatic N) is 2. The molecule has 0 unspecified atom stereocenters. The number of carbonyl (C=O) groups excluding carboxylic acids is 2. The number of aromatic nitrogens is 1. The fraction of sp³-hybridized carbons (Fsp3) is 0.389. The predicted molar refractivity (Wildman–Crippen MR) is 93.5 cm³/mol. The lowest BCUT2D eigenvalue weighted by molar-refractivity contribution is -0.127. The normalized spacial score (nSPS) is 17.1. The van der Waals surface area contributed by atoms with Crippen LogP contribution in [0.25, 0.3) is 0 Å². The number of nitrogens with one attached hydrogen (secondary N) is 1. The Kier molecular flexibility index (Phi) is 5.38. The van der Waals surface area contributed by atoms with Gasteiger partial charge in [0.25, 0.3) is 5.91 Å². The van der Waals surface area contributed by atoms with Gasteiger partial charge in [0.1, 0.15) is 0 Å². The van der Waals surface area contributed by atoms with Crippen molar-refractivity contribution in [2.24, 2.45) is 0 Å². The molecule has 1 aliphatic rings. The molecule has 2 heterocycles. The maximum atomic E-state index is 12.2. The summed E-state index contributed by atoms with van der Waals surface area (Å²) in [5.74, 6) is -0.109. The zero-order valence-electron chi connectivity index (χ0n) is 14.0. The van der Waals surface area contributed by atoms with E-state index in [0.717, 1.165) is 17.7 Å². The fourth-order valence-corrected chi connectivity index (χ4v) is 3.10. The Morgan fingerprint density at radius 3 is 3.00 bits per heavy atom. The van der Waals surface area contributed by atoms with Gasteiger partial charge in [-0.2, -0.15) is 0 Å². The van der Waals surface area contributed by atoms with Crippen LogP contribution in [0, 0.1) is 0 Å². The molecule has 0 saturated carbocycles. The number of hydrogen-bond acceptors (Lipinski definition) is 4. The van der Waals surface area contributed by atoms with Gasteiger partial charge in [0, 0.05) is 30.6 Å². The van der Waals surface area contributed by atoms with E-state index in [1.54, 1.807) is 11.0 Å². The molecular formula is C18H20ClN3O3. The standard InChI is InChI=1S/C18H20ClN3O3/c1-2-14-9-16(25-21-14)18(24)20-15-10-17(23)22(11-15)7-6-12-4-3-5-13(19)8-12/h3-5,8-9,15H,2,6-7,10-11H2,1H3,(H,20,24)/t15-/m0/s1. The molecule has 1 aliphatic heterocycles. The summed E-state index contributed by atoms with van der Waals surface area (Å²) >= 11 is 5.98. The van der Waals surface area contributed by atoms with Gasteiger partial charge in [-0.25, -0.2) is 0 Å². The molecule has 25 heavy (non-hydrogen) atoms. The largest absolute Gasteiger partial charge is 0.351 e. The van der Waals surface area contributed by atoms with E-state index in [4.69, 9.17) is 16.1 Å². The van der Waals surface area contributed by atoms with Gasteiger partial charge in [-0.1, -0.05) is 35.8 Å². The first-order chi connectivity index (χ1) is 12.0. The van der Waals surface area contributed by atoms with Gasteiger partial charge in [-0.05, 0) is 30.5 Å². The van der Waals surface area contributed by atoms with Crippen molar-refractivity contribution in [2.45, 2.75) is 32.2 Å². The molecule has 1 fully saturated rings. The van der Waals surface area contributed by atoms with Gasteiger partial charge < -0.3 is 14.7 Å². The van der Waals surface area contributed by atoms with E-state index in [-0.39, 0.29) is 23.6 Å². The van der Waals surface area contributed by atoms with Crippen LogP contribution < -0.4 is 5.32 Å². The van der Waals surface area contributed by atoms with Crippen molar-refractivity contribution >= 4 is 23.4 Å². The summed E-state index contributed by atoms with van der Waals surface area (Å²) < 4.78 is 5.02. The van der Waals surface area contributed by atoms with E-state index in [9.17, 15) is 9.59 Å². The highest BCUT2D eigenvalue weighted by molar-refractivity contribution is 6.30. The molecule has 2 amide bonds. The predicted octanol–water partition coefficient (Wildman–Crippen LogP) is 2.46. The Balaban J connectivity index is 1.52. The Morgan fingerprint density at radius 2 is 2.28 bits per heavy atom. The summed E-state index contributed by atoms with van der Waals surface area (Å²) in [6.45, 7) is 3.04. The first-order valence-electron chi connectivity index (χ1n) is 8.34. The highest BCUT2D eigenvalue weighted by Gasteiger charge is 2.31. The quantitative estimate of drug-likeness (QED) is 0.857. The third-order valence-electron chi connectivity index (χ3n) is 4.25. The Bertz CT molecular complexity index is 774.